The number of halogens is 1. The summed E-state index contributed by atoms with van der Waals surface area (Å²) in [7, 11) is 3.86. The standard InChI is InChI=1S/C27H30ClN7O2/c1-34(2)15-8-14-24(36)30-21-12-6-9-19(17-21)26(37)35-16-7-13-23(35)32-27-29-18-22(28)25(33-27)31-20-10-4-3-5-11-20/h3-6,8-12,14,17-18,23H,7,13,15-16H2,1-2H3,(H,30,36)(H2,29,31,32,33)/b14-8+. The molecular formula is C27H30ClN7O2. The molecule has 4 rings (SSSR count). The van der Waals surface area contributed by atoms with Gasteiger partial charge in [-0.3, -0.25) is 9.59 Å². The molecule has 0 saturated carbocycles. The van der Waals surface area contributed by atoms with Crippen LogP contribution in [0, 0.1) is 0 Å². The summed E-state index contributed by atoms with van der Waals surface area (Å²) >= 11 is 6.30. The molecular weight excluding hydrogens is 490 g/mol. The quantitative estimate of drug-likeness (QED) is 0.355. The lowest BCUT2D eigenvalue weighted by molar-refractivity contribution is -0.111. The van der Waals surface area contributed by atoms with Crippen LogP contribution in [0.15, 0.2) is 72.9 Å². The number of likely N-dealkylation sites (N-methyl/N-ethyl adjacent to an activating group) is 1. The zero-order chi connectivity index (χ0) is 26.2. The number of amides is 2. The van der Waals surface area contributed by atoms with Gasteiger partial charge in [-0.05, 0) is 57.3 Å². The van der Waals surface area contributed by atoms with Crippen molar-refractivity contribution in [2.45, 2.75) is 19.0 Å². The van der Waals surface area contributed by atoms with Gasteiger partial charge in [-0.1, -0.05) is 41.9 Å². The topological polar surface area (TPSA) is 102 Å². The van der Waals surface area contributed by atoms with Gasteiger partial charge in [0.2, 0.25) is 11.9 Å². The molecule has 1 unspecified atom stereocenters. The second-order valence-electron chi connectivity index (χ2n) is 8.92. The second-order valence-corrected chi connectivity index (χ2v) is 9.32. The molecule has 0 aliphatic carbocycles. The number of benzene rings is 2. The molecule has 3 aromatic rings. The number of hydrogen-bond acceptors (Lipinski definition) is 7. The van der Waals surface area contributed by atoms with Crippen molar-refractivity contribution >= 4 is 46.6 Å². The predicted octanol–water partition coefficient (Wildman–Crippen LogP) is 4.60. The fourth-order valence-electron chi connectivity index (χ4n) is 3.94. The van der Waals surface area contributed by atoms with Gasteiger partial charge in [0.25, 0.3) is 5.91 Å². The smallest absolute Gasteiger partial charge is 0.255 e. The molecule has 37 heavy (non-hydrogen) atoms. The SMILES string of the molecule is CN(C)C/C=C/C(=O)Nc1cccc(C(=O)N2CCCC2Nc2ncc(Cl)c(Nc3ccccc3)n2)c1. The predicted molar refractivity (Wildman–Crippen MR) is 147 cm³/mol. The Bertz CT molecular complexity index is 1270. The third kappa shape index (κ3) is 7.28. The molecule has 3 N–H and O–H groups in total. The molecule has 10 heteroatoms. The van der Waals surface area contributed by atoms with Crippen LogP contribution in [0.2, 0.25) is 5.02 Å². The average molecular weight is 520 g/mol. The fraction of sp³-hybridized carbons (Fsp3) is 0.259. The number of aromatic nitrogens is 2. The van der Waals surface area contributed by atoms with E-state index in [0.717, 1.165) is 18.5 Å². The lowest BCUT2D eigenvalue weighted by atomic mass is 10.1. The Hall–Kier alpha value is -3.95. The highest BCUT2D eigenvalue weighted by molar-refractivity contribution is 6.32. The van der Waals surface area contributed by atoms with Crippen molar-refractivity contribution in [1.82, 2.24) is 19.8 Å². The van der Waals surface area contributed by atoms with Crippen LogP contribution in [-0.4, -0.2) is 64.9 Å². The molecule has 1 aromatic heterocycles. The average Bonchev–Trinajstić information content (AvgIpc) is 3.34. The lowest BCUT2D eigenvalue weighted by Crippen LogP contribution is -2.40. The molecule has 0 radical (unpaired) electrons. The molecule has 1 fully saturated rings. The van der Waals surface area contributed by atoms with Gasteiger partial charge in [-0.15, -0.1) is 0 Å². The number of likely N-dealkylation sites (tertiary alicyclic amines) is 1. The molecule has 1 saturated heterocycles. The number of carbonyl (C=O) groups is 2. The van der Waals surface area contributed by atoms with Crippen molar-refractivity contribution < 1.29 is 9.59 Å². The summed E-state index contributed by atoms with van der Waals surface area (Å²) < 4.78 is 0. The summed E-state index contributed by atoms with van der Waals surface area (Å²) in [5, 5.41) is 9.67. The summed E-state index contributed by atoms with van der Waals surface area (Å²) in [5.74, 6) is 0.472. The molecule has 1 atom stereocenters. The highest BCUT2D eigenvalue weighted by Crippen LogP contribution is 2.26. The Morgan fingerprint density at radius 3 is 2.70 bits per heavy atom. The number of carbonyl (C=O) groups excluding carboxylic acids is 2. The Morgan fingerprint density at radius 1 is 1.14 bits per heavy atom. The van der Waals surface area contributed by atoms with Gasteiger partial charge < -0.3 is 25.8 Å². The summed E-state index contributed by atoms with van der Waals surface area (Å²) in [5.41, 5.74) is 1.91. The molecule has 1 aliphatic rings. The van der Waals surface area contributed by atoms with Gasteiger partial charge >= 0.3 is 0 Å². The highest BCUT2D eigenvalue weighted by Gasteiger charge is 2.30. The van der Waals surface area contributed by atoms with E-state index in [1.54, 1.807) is 35.2 Å². The molecule has 2 aromatic carbocycles. The third-order valence-electron chi connectivity index (χ3n) is 5.71. The molecule has 1 aliphatic heterocycles. The molecule has 0 bridgehead atoms. The Labute approximate surface area is 221 Å². The first-order valence-electron chi connectivity index (χ1n) is 12.0. The zero-order valence-electron chi connectivity index (χ0n) is 20.8. The van der Waals surface area contributed by atoms with Crippen LogP contribution in [0.3, 0.4) is 0 Å². The minimum atomic E-state index is -0.273. The van der Waals surface area contributed by atoms with Crippen molar-refractivity contribution in [1.29, 1.82) is 0 Å². The van der Waals surface area contributed by atoms with Gasteiger partial charge in [-0.2, -0.15) is 4.98 Å². The summed E-state index contributed by atoms with van der Waals surface area (Å²) in [6, 6.07) is 16.6. The minimum Gasteiger partial charge on any atom is -0.339 e. The minimum absolute atomic E-state index is 0.133. The van der Waals surface area contributed by atoms with Crippen molar-refractivity contribution in [3.63, 3.8) is 0 Å². The van der Waals surface area contributed by atoms with Crippen LogP contribution in [0.4, 0.5) is 23.1 Å². The van der Waals surface area contributed by atoms with E-state index in [4.69, 9.17) is 11.6 Å². The summed E-state index contributed by atoms with van der Waals surface area (Å²) in [6.07, 6.45) is 6.13. The molecule has 2 amide bonds. The van der Waals surface area contributed by atoms with Crippen LogP contribution in [0.5, 0.6) is 0 Å². The van der Waals surface area contributed by atoms with E-state index in [9.17, 15) is 9.59 Å². The molecule has 192 valence electrons. The van der Waals surface area contributed by atoms with E-state index in [1.807, 2.05) is 49.3 Å². The maximum atomic E-state index is 13.4. The van der Waals surface area contributed by atoms with E-state index in [1.165, 1.54) is 12.3 Å². The van der Waals surface area contributed by atoms with Crippen molar-refractivity contribution in [2.24, 2.45) is 0 Å². The van der Waals surface area contributed by atoms with Gasteiger partial charge in [0.15, 0.2) is 5.82 Å². The van der Waals surface area contributed by atoms with Crippen molar-refractivity contribution in [2.75, 3.05) is 43.1 Å². The van der Waals surface area contributed by atoms with Crippen LogP contribution < -0.4 is 16.0 Å². The molecule has 9 nitrogen and oxygen atoms in total. The van der Waals surface area contributed by atoms with E-state index in [-0.39, 0.29) is 18.0 Å². The Morgan fingerprint density at radius 2 is 1.92 bits per heavy atom. The first kappa shape index (κ1) is 26.1. The highest BCUT2D eigenvalue weighted by atomic mass is 35.5. The number of anilines is 4. The van der Waals surface area contributed by atoms with Crippen molar-refractivity contribution in [3.8, 4) is 0 Å². The van der Waals surface area contributed by atoms with E-state index < -0.39 is 0 Å². The first-order chi connectivity index (χ1) is 17.9. The number of rotatable bonds is 9. The van der Waals surface area contributed by atoms with Gasteiger partial charge in [0.05, 0.1) is 6.20 Å². The Balaban J connectivity index is 1.43. The number of nitrogens with one attached hydrogen (secondary N) is 3. The van der Waals surface area contributed by atoms with E-state index in [0.29, 0.717) is 41.1 Å². The van der Waals surface area contributed by atoms with Crippen LogP contribution >= 0.6 is 11.6 Å². The zero-order valence-corrected chi connectivity index (χ0v) is 21.6. The Kier molecular flexibility index (Phi) is 8.71. The number of nitrogens with zero attached hydrogens (tertiary/aromatic N) is 4. The first-order valence-corrected chi connectivity index (χ1v) is 12.4. The van der Waals surface area contributed by atoms with Crippen LogP contribution in [0.1, 0.15) is 23.2 Å². The van der Waals surface area contributed by atoms with Gasteiger partial charge in [0.1, 0.15) is 11.2 Å². The van der Waals surface area contributed by atoms with E-state index >= 15 is 0 Å². The van der Waals surface area contributed by atoms with Crippen molar-refractivity contribution in [3.05, 3.63) is 83.5 Å². The maximum absolute atomic E-state index is 13.4. The summed E-state index contributed by atoms with van der Waals surface area (Å²) in [4.78, 5) is 38.1. The van der Waals surface area contributed by atoms with Gasteiger partial charge in [-0.25, -0.2) is 4.98 Å². The lowest BCUT2D eigenvalue weighted by Gasteiger charge is -2.26. The van der Waals surface area contributed by atoms with Gasteiger partial charge in [0, 0.05) is 36.1 Å². The molecule has 0 spiro atoms. The number of para-hydroxylation sites is 1. The number of hydrogen-bond donors (Lipinski definition) is 3. The van der Waals surface area contributed by atoms with E-state index in [2.05, 4.69) is 25.9 Å². The van der Waals surface area contributed by atoms with Crippen LogP contribution in [-0.2, 0) is 4.79 Å². The fourth-order valence-corrected chi connectivity index (χ4v) is 4.08. The summed E-state index contributed by atoms with van der Waals surface area (Å²) in [6.45, 7) is 1.26. The van der Waals surface area contributed by atoms with Crippen LogP contribution in [0.25, 0.3) is 0 Å². The normalized spacial score (nSPS) is 15.2. The maximum Gasteiger partial charge on any atom is 0.255 e. The second kappa shape index (κ2) is 12.3. The molecule has 2 heterocycles. The third-order valence-corrected chi connectivity index (χ3v) is 5.98. The largest absolute Gasteiger partial charge is 0.339 e. The monoisotopic (exact) mass is 519 g/mol.